The molecule has 0 aromatic carbocycles. The van der Waals surface area contributed by atoms with Crippen LogP contribution < -0.4 is 0 Å². The van der Waals surface area contributed by atoms with Crippen LogP contribution in [0.5, 0.6) is 0 Å². The molecule has 0 radical (unpaired) electrons. The molecule has 1 fully saturated rings. The molecule has 1 saturated carbocycles. The summed E-state index contributed by atoms with van der Waals surface area (Å²) in [5.41, 5.74) is 3.29. The summed E-state index contributed by atoms with van der Waals surface area (Å²) in [4.78, 5) is 19.4. The van der Waals surface area contributed by atoms with Crippen LogP contribution >= 0.6 is 0 Å². The lowest BCUT2D eigenvalue weighted by molar-refractivity contribution is 0.0696. The molecule has 0 amide bonds. The molecule has 1 aromatic rings. The first-order chi connectivity index (χ1) is 8.25. The Bertz CT molecular complexity index is 525. The molecule has 3 rings (SSSR count). The first-order valence-electron chi connectivity index (χ1n) is 5.70. The summed E-state index contributed by atoms with van der Waals surface area (Å²) in [6, 6.07) is 3.35. The lowest BCUT2D eigenvalue weighted by Gasteiger charge is -2.05. The molecule has 4 heteroatoms. The van der Waals surface area contributed by atoms with Gasteiger partial charge in [-0.25, -0.2) is 4.79 Å². The zero-order valence-corrected chi connectivity index (χ0v) is 9.26. The molecular weight excluding hydrogens is 216 g/mol. The number of carboxylic acid groups (broad SMARTS) is 1. The maximum atomic E-state index is 10.7. The monoisotopic (exact) mass is 228 g/mol. The number of pyridine rings is 1. The number of carbonyl (C=O) groups is 1. The van der Waals surface area contributed by atoms with Gasteiger partial charge in [0.25, 0.3) is 0 Å². The van der Waals surface area contributed by atoms with Crippen molar-refractivity contribution in [2.75, 3.05) is 6.54 Å². The maximum absolute atomic E-state index is 10.7. The third-order valence-corrected chi connectivity index (χ3v) is 3.08. The molecule has 17 heavy (non-hydrogen) atoms. The van der Waals surface area contributed by atoms with Crippen molar-refractivity contribution in [2.24, 2.45) is 10.9 Å². The third-order valence-electron chi connectivity index (χ3n) is 3.08. The van der Waals surface area contributed by atoms with Gasteiger partial charge < -0.3 is 5.11 Å². The van der Waals surface area contributed by atoms with E-state index in [9.17, 15) is 4.79 Å². The van der Waals surface area contributed by atoms with Gasteiger partial charge in [-0.15, -0.1) is 0 Å². The Kier molecular flexibility index (Phi) is 2.28. The normalized spacial score (nSPS) is 18.8. The first-order valence-corrected chi connectivity index (χ1v) is 5.70. The van der Waals surface area contributed by atoms with Crippen molar-refractivity contribution >= 4 is 17.3 Å². The van der Waals surface area contributed by atoms with E-state index in [0.29, 0.717) is 5.92 Å². The summed E-state index contributed by atoms with van der Waals surface area (Å²) in [6.07, 6.45) is 5.89. The fraction of sp³-hybridized carbons (Fsp3) is 0.308. The summed E-state index contributed by atoms with van der Waals surface area (Å²) in [7, 11) is 0. The standard InChI is InChI=1S/C13H12N2O2/c16-13(17)9-3-4-11(15-7-9)10-5-6-14-12(10)8-1-2-8/h3-5,7-8H,1-2,6H2,(H,16,17). The molecule has 1 aromatic heterocycles. The highest BCUT2D eigenvalue weighted by Crippen LogP contribution is 2.37. The first kappa shape index (κ1) is 10.2. The van der Waals surface area contributed by atoms with Gasteiger partial charge in [0.1, 0.15) is 0 Å². The minimum atomic E-state index is -0.944. The Morgan fingerprint density at radius 3 is 2.76 bits per heavy atom. The van der Waals surface area contributed by atoms with Crippen molar-refractivity contribution in [3.63, 3.8) is 0 Å². The molecule has 2 heterocycles. The van der Waals surface area contributed by atoms with E-state index in [2.05, 4.69) is 16.1 Å². The van der Waals surface area contributed by atoms with E-state index in [-0.39, 0.29) is 5.56 Å². The number of carboxylic acids is 1. The van der Waals surface area contributed by atoms with Gasteiger partial charge in [-0.1, -0.05) is 6.08 Å². The Morgan fingerprint density at radius 2 is 2.18 bits per heavy atom. The topological polar surface area (TPSA) is 62.5 Å². The molecule has 2 aliphatic rings. The number of rotatable bonds is 3. The predicted octanol–water partition coefficient (Wildman–Crippen LogP) is 2.03. The van der Waals surface area contributed by atoms with Gasteiger partial charge in [-0.2, -0.15) is 0 Å². The van der Waals surface area contributed by atoms with Crippen LogP contribution in [0.1, 0.15) is 28.9 Å². The SMILES string of the molecule is O=C(O)c1ccc(C2=CCN=C2C2CC2)nc1. The highest BCUT2D eigenvalue weighted by Gasteiger charge is 2.32. The van der Waals surface area contributed by atoms with E-state index >= 15 is 0 Å². The Balaban J connectivity index is 1.89. The molecule has 1 aliphatic carbocycles. The summed E-state index contributed by atoms with van der Waals surface area (Å²) in [5, 5.41) is 8.81. The molecule has 0 atom stereocenters. The second kappa shape index (κ2) is 3.80. The zero-order valence-electron chi connectivity index (χ0n) is 9.26. The molecule has 1 aliphatic heterocycles. The lowest BCUT2D eigenvalue weighted by atomic mass is 10.0. The van der Waals surface area contributed by atoms with Gasteiger partial charge in [0, 0.05) is 23.4 Å². The fourth-order valence-corrected chi connectivity index (χ4v) is 2.05. The quantitative estimate of drug-likeness (QED) is 0.860. The fourth-order valence-electron chi connectivity index (χ4n) is 2.05. The molecule has 1 N–H and O–H groups in total. The van der Waals surface area contributed by atoms with Gasteiger partial charge in [0.15, 0.2) is 0 Å². The summed E-state index contributed by atoms with van der Waals surface area (Å²) >= 11 is 0. The molecular formula is C13H12N2O2. The van der Waals surface area contributed by atoms with E-state index < -0.39 is 5.97 Å². The van der Waals surface area contributed by atoms with Gasteiger partial charge in [0.05, 0.1) is 17.8 Å². The molecule has 86 valence electrons. The number of allylic oxidation sites excluding steroid dienone is 1. The average Bonchev–Trinajstić information content (AvgIpc) is 3.07. The predicted molar refractivity (Wildman–Crippen MR) is 64.2 cm³/mol. The number of hydrogen-bond acceptors (Lipinski definition) is 3. The molecule has 0 bridgehead atoms. The summed E-state index contributed by atoms with van der Waals surface area (Å²) < 4.78 is 0. The Morgan fingerprint density at radius 1 is 1.35 bits per heavy atom. The van der Waals surface area contributed by atoms with Crippen LogP contribution in [0.15, 0.2) is 29.4 Å². The van der Waals surface area contributed by atoms with Crippen LogP contribution in [-0.2, 0) is 0 Å². The van der Waals surface area contributed by atoms with Gasteiger partial charge in [-0.3, -0.25) is 9.98 Å². The second-order valence-corrected chi connectivity index (χ2v) is 4.36. The largest absolute Gasteiger partial charge is 0.478 e. The van der Waals surface area contributed by atoms with Crippen LogP contribution in [0, 0.1) is 5.92 Å². The Hall–Kier alpha value is -1.97. The van der Waals surface area contributed by atoms with Crippen LogP contribution in [-0.4, -0.2) is 28.3 Å². The zero-order chi connectivity index (χ0) is 11.8. The minimum absolute atomic E-state index is 0.220. The van der Waals surface area contributed by atoms with E-state index in [0.717, 1.165) is 23.5 Å². The summed E-state index contributed by atoms with van der Waals surface area (Å²) in [6.45, 7) is 0.726. The number of aromatic carboxylic acids is 1. The van der Waals surface area contributed by atoms with Gasteiger partial charge in [-0.05, 0) is 25.0 Å². The molecule has 4 nitrogen and oxygen atoms in total. The molecule has 0 saturated heterocycles. The minimum Gasteiger partial charge on any atom is -0.478 e. The number of aromatic nitrogens is 1. The lowest BCUT2D eigenvalue weighted by Crippen LogP contribution is -2.04. The number of aliphatic imine (C=N–C) groups is 1. The maximum Gasteiger partial charge on any atom is 0.337 e. The van der Waals surface area contributed by atoms with Crippen LogP contribution in [0.25, 0.3) is 5.57 Å². The van der Waals surface area contributed by atoms with Crippen molar-refractivity contribution < 1.29 is 9.90 Å². The van der Waals surface area contributed by atoms with E-state index in [4.69, 9.17) is 5.11 Å². The van der Waals surface area contributed by atoms with Gasteiger partial charge >= 0.3 is 5.97 Å². The van der Waals surface area contributed by atoms with Gasteiger partial charge in [0.2, 0.25) is 0 Å². The van der Waals surface area contributed by atoms with Crippen LogP contribution in [0.4, 0.5) is 0 Å². The second-order valence-electron chi connectivity index (χ2n) is 4.36. The third kappa shape index (κ3) is 1.86. The van der Waals surface area contributed by atoms with Crippen molar-refractivity contribution in [1.82, 2.24) is 4.98 Å². The molecule has 0 unspecified atom stereocenters. The average molecular weight is 228 g/mol. The van der Waals surface area contributed by atoms with Crippen molar-refractivity contribution in [3.8, 4) is 0 Å². The van der Waals surface area contributed by atoms with E-state index in [1.54, 1.807) is 12.1 Å². The highest BCUT2D eigenvalue weighted by atomic mass is 16.4. The van der Waals surface area contributed by atoms with Crippen LogP contribution in [0.2, 0.25) is 0 Å². The van der Waals surface area contributed by atoms with E-state index in [1.807, 2.05) is 0 Å². The summed E-state index contributed by atoms with van der Waals surface area (Å²) in [5.74, 6) is -0.342. The molecule has 0 spiro atoms. The highest BCUT2D eigenvalue weighted by molar-refractivity contribution is 6.26. The number of nitrogens with zero attached hydrogens (tertiary/aromatic N) is 2. The van der Waals surface area contributed by atoms with E-state index in [1.165, 1.54) is 19.0 Å². The van der Waals surface area contributed by atoms with Crippen molar-refractivity contribution in [1.29, 1.82) is 0 Å². The van der Waals surface area contributed by atoms with Crippen molar-refractivity contribution in [3.05, 3.63) is 35.7 Å². The Labute approximate surface area is 98.7 Å². The smallest absolute Gasteiger partial charge is 0.337 e. The number of hydrogen-bond donors (Lipinski definition) is 1. The van der Waals surface area contributed by atoms with Crippen LogP contribution in [0.3, 0.4) is 0 Å². The van der Waals surface area contributed by atoms with Crippen molar-refractivity contribution in [2.45, 2.75) is 12.8 Å².